The van der Waals surface area contributed by atoms with Crippen molar-refractivity contribution in [1.82, 2.24) is 15.2 Å². The molecule has 1 aromatic heterocycles. The average Bonchev–Trinajstić information content (AvgIpc) is 2.52. The van der Waals surface area contributed by atoms with Crippen molar-refractivity contribution in [3.8, 4) is 0 Å². The summed E-state index contributed by atoms with van der Waals surface area (Å²) in [7, 11) is 0. The summed E-state index contributed by atoms with van der Waals surface area (Å²) in [6.45, 7) is 1.19. The van der Waals surface area contributed by atoms with Gasteiger partial charge in [0.15, 0.2) is 0 Å². The van der Waals surface area contributed by atoms with Crippen LogP contribution in [0.1, 0.15) is 5.56 Å². The Morgan fingerprint density at radius 2 is 1.92 bits per heavy atom. The van der Waals surface area contributed by atoms with Crippen LogP contribution in [0, 0.1) is 0 Å². The average molecular weight is 366 g/mol. The van der Waals surface area contributed by atoms with E-state index in [1.54, 1.807) is 4.90 Å². The minimum Gasteiger partial charge on any atom is -0.352 e. The zero-order valence-electron chi connectivity index (χ0n) is 12.4. The molecule has 24 heavy (non-hydrogen) atoms. The van der Waals surface area contributed by atoms with Gasteiger partial charge in [0, 0.05) is 32.4 Å². The highest BCUT2D eigenvalue weighted by Crippen LogP contribution is 2.33. The van der Waals surface area contributed by atoms with Gasteiger partial charge in [0.05, 0.1) is 17.1 Å². The van der Waals surface area contributed by atoms with E-state index in [2.05, 4.69) is 10.3 Å². The number of aromatic nitrogens is 1. The molecule has 1 aliphatic rings. The first-order chi connectivity index (χ1) is 11.2. The van der Waals surface area contributed by atoms with Gasteiger partial charge in [0.2, 0.25) is 5.91 Å². The van der Waals surface area contributed by atoms with E-state index in [1.807, 2.05) is 0 Å². The number of nitrogens with two attached hydrogens (primary N) is 1. The predicted molar refractivity (Wildman–Crippen MR) is 80.6 cm³/mol. The number of pyridine rings is 1. The molecule has 2 heterocycles. The van der Waals surface area contributed by atoms with Crippen LogP contribution >= 0.6 is 11.6 Å². The van der Waals surface area contributed by atoms with Gasteiger partial charge in [0.25, 0.3) is 0 Å². The zero-order valence-corrected chi connectivity index (χ0v) is 13.2. The molecule has 0 aromatic carbocycles. The standard InChI is InChI=1S/C13H15ClF3N5O2/c14-9-5-8(13(15,16)17)6-19-11(9)22-3-1-21(2-4-22)10(23)7-20-12(18)24/h5-6H,1-4,7H2,(H3,18,20,24). The van der Waals surface area contributed by atoms with Gasteiger partial charge in [-0.1, -0.05) is 11.6 Å². The Morgan fingerprint density at radius 3 is 2.42 bits per heavy atom. The van der Waals surface area contributed by atoms with Crippen molar-refractivity contribution in [1.29, 1.82) is 0 Å². The first-order valence-corrected chi connectivity index (χ1v) is 7.35. The molecule has 3 N–H and O–H groups in total. The molecule has 1 fully saturated rings. The third kappa shape index (κ3) is 4.40. The lowest BCUT2D eigenvalue weighted by Gasteiger charge is -2.35. The number of rotatable bonds is 3. The normalized spacial score (nSPS) is 15.3. The minimum atomic E-state index is -4.51. The molecule has 0 aliphatic carbocycles. The van der Waals surface area contributed by atoms with Crippen LogP contribution in [0.3, 0.4) is 0 Å². The number of piperazine rings is 1. The van der Waals surface area contributed by atoms with E-state index < -0.39 is 17.8 Å². The molecule has 0 spiro atoms. The monoisotopic (exact) mass is 365 g/mol. The highest BCUT2D eigenvalue weighted by Gasteiger charge is 2.32. The summed E-state index contributed by atoms with van der Waals surface area (Å²) in [5.41, 5.74) is 3.98. The molecule has 0 radical (unpaired) electrons. The molecule has 1 saturated heterocycles. The largest absolute Gasteiger partial charge is 0.417 e. The van der Waals surface area contributed by atoms with Crippen molar-refractivity contribution >= 4 is 29.4 Å². The maximum atomic E-state index is 12.6. The van der Waals surface area contributed by atoms with Crippen molar-refractivity contribution in [2.24, 2.45) is 5.73 Å². The van der Waals surface area contributed by atoms with Crippen molar-refractivity contribution in [2.75, 3.05) is 37.6 Å². The second-order valence-corrected chi connectivity index (χ2v) is 5.52. The van der Waals surface area contributed by atoms with Crippen LogP contribution in [0.15, 0.2) is 12.3 Å². The van der Waals surface area contributed by atoms with Gasteiger partial charge in [-0.3, -0.25) is 4.79 Å². The molecule has 11 heteroatoms. The molecule has 2 rings (SSSR count). The predicted octanol–water partition coefficient (Wildman–Crippen LogP) is 1.07. The fourth-order valence-corrected chi connectivity index (χ4v) is 2.55. The third-order valence-electron chi connectivity index (χ3n) is 3.49. The Kier molecular flexibility index (Phi) is 5.37. The molecule has 0 unspecified atom stereocenters. The Morgan fingerprint density at radius 1 is 1.29 bits per heavy atom. The van der Waals surface area contributed by atoms with Gasteiger partial charge in [-0.25, -0.2) is 9.78 Å². The summed E-state index contributed by atoms with van der Waals surface area (Å²) >= 11 is 5.91. The van der Waals surface area contributed by atoms with E-state index in [-0.39, 0.29) is 23.3 Å². The molecular formula is C13H15ClF3N5O2. The highest BCUT2D eigenvalue weighted by atomic mass is 35.5. The summed E-state index contributed by atoms with van der Waals surface area (Å²) in [5, 5.41) is 2.11. The van der Waals surface area contributed by atoms with Gasteiger partial charge in [-0.05, 0) is 6.07 Å². The summed E-state index contributed by atoms with van der Waals surface area (Å²) in [4.78, 5) is 29.4. The molecule has 132 valence electrons. The Labute approximate surface area is 140 Å². The van der Waals surface area contributed by atoms with Crippen LogP contribution in [0.25, 0.3) is 0 Å². The molecule has 0 bridgehead atoms. The number of alkyl halides is 3. The number of carbonyl (C=O) groups excluding carboxylic acids is 2. The number of nitrogens with one attached hydrogen (secondary N) is 1. The van der Waals surface area contributed by atoms with Crippen LogP contribution in [0.2, 0.25) is 5.02 Å². The van der Waals surface area contributed by atoms with Crippen molar-refractivity contribution < 1.29 is 22.8 Å². The second kappa shape index (κ2) is 7.12. The van der Waals surface area contributed by atoms with E-state index in [4.69, 9.17) is 17.3 Å². The molecule has 3 amide bonds. The minimum absolute atomic E-state index is 0.0972. The van der Waals surface area contributed by atoms with Gasteiger partial charge >= 0.3 is 12.2 Å². The van der Waals surface area contributed by atoms with Crippen LogP contribution in [-0.4, -0.2) is 54.5 Å². The highest BCUT2D eigenvalue weighted by molar-refractivity contribution is 6.33. The number of nitrogens with zero attached hydrogens (tertiary/aromatic N) is 3. The van der Waals surface area contributed by atoms with Crippen LogP contribution < -0.4 is 16.0 Å². The van der Waals surface area contributed by atoms with Gasteiger partial charge < -0.3 is 20.9 Å². The van der Waals surface area contributed by atoms with Gasteiger partial charge in [0.1, 0.15) is 5.82 Å². The maximum Gasteiger partial charge on any atom is 0.417 e. The maximum absolute atomic E-state index is 12.6. The smallest absolute Gasteiger partial charge is 0.352 e. The number of amides is 3. The SMILES string of the molecule is NC(=O)NCC(=O)N1CCN(c2ncc(C(F)(F)F)cc2Cl)CC1. The lowest BCUT2D eigenvalue weighted by Crippen LogP contribution is -2.51. The Hall–Kier alpha value is -2.23. The number of anilines is 1. The summed E-state index contributed by atoms with van der Waals surface area (Å²) in [6, 6.07) is 0.0424. The Balaban J connectivity index is 1.97. The summed E-state index contributed by atoms with van der Waals surface area (Å²) < 4.78 is 37.8. The lowest BCUT2D eigenvalue weighted by molar-refractivity contribution is -0.137. The number of primary amides is 1. The van der Waals surface area contributed by atoms with Crippen molar-refractivity contribution in [3.05, 3.63) is 22.8 Å². The van der Waals surface area contributed by atoms with E-state index in [0.717, 1.165) is 12.3 Å². The van der Waals surface area contributed by atoms with Crippen LogP contribution in [0.4, 0.5) is 23.8 Å². The van der Waals surface area contributed by atoms with Crippen molar-refractivity contribution in [2.45, 2.75) is 6.18 Å². The number of halogens is 4. The van der Waals surface area contributed by atoms with E-state index >= 15 is 0 Å². The fourth-order valence-electron chi connectivity index (χ4n) is 2.26. The quantitative estimate of drug-likeness (QED) is 0.838. The van der Waals surface area contributed by atoms with Crippen LogP contribution in [-0.2, 0) is 11.0 Å². The molecule has 0 saturated carbocycles. The third-order valence-corrected chi connectivity index (χ3v) is 3.77. The molecule has 1 aliphatic heterocycles. The number of urea groups is 1. The molecular weight excluding hydrogens is 351 g/mol. The lowest BCUT2D eigenvalue weighted by atomic mass is 10.2. The van der Waals surface area contributed by atoms with Crippen LogP contribution in [0.5, 0.6) is 0 Å². The second-order valence-electron chi connectivity index (χ2n) is 5.11. The van der Waals surface area contributed by atoms with Gasteiger partial charge in [-0.15, -0.1) is 0 Å². The van der Waals surface area contributed by atoms with Crippen molar-refractivity contribution in [3.63, 3.8) is 0 Å². The topological polar surface area (TPSA) is 91.6 Å². The zero-order chi connectivity index (χ0) is 17.9. The van der Waals surface area contributed by atoms with E-state index in [0.29, 0.717) is 26.2 Å². The van der Waals surface area contributed by atoms with E-state index in [1.165, 1.54) is 4.90 Å². The van der Waals surface area contributed by atoms with E-state index in [9.17, 15) is 22.8 Å². The molecule has 7 nitrogen and oxygen atoms in total. The first kappa shape index (κ1) is 18.1. The number of carbonyl (C=O) groups is 2. The number of hydrogen-bond acceptors (Lipinski definition) is 4. The molecule has 0 atom stereocenters. The van der Waals surface area contributed by atoms with Gasteiger partial charge in [-0.2, -0.15) is 13.2 Å². The first-order valence-electron chi connectivity index (χ1n) is 6.97. The summed E-state index contributed by atoms with van der Waals surface area (Å²) in [5.74, 6) is -0.0491. The summed E-state index contributed by atoms with van der Waals surface area (Å²) in [6.07, 6.45) is -3.77. The molecule has 1 aromatic rings. The Bertz CT molecular complexity index is 633. The number of hydrogen-bond donors (Lipinski definition) is 2. The fraction of sp³-hybridized carbons (Fsp3) is 0.462.